The van der Waals surface area contributed by atoms with Crippen LogP contribution in [0.2, 0.25) is 0 Å². The molecule has 21 heavy (non-hydrogen) atoms. The second-order valence-corrected chi connectivity index (χ2v) is 6.48. The summed E-state index contributed by atoms with van der Waals surface area (Å²) in [4.78, 5) is 7.11. The molecule has 7 heteroatoms. The monoisotopic (exact) mass is 308 g/mol. The minimum Gasteiger partial charge on any atom is -0.347 e. The first kappa shape index (κ1) is 15.7. The highest BCUT2D eigenvalue weighted by molar-refractivity contribution is 7.89. The highest BCUT2D eigenvalue weighted by Gasteiger charge is 2.15. The largest absolute Gasteiger partial charge is 0.347 e. The van der Waals surface area contributed by atoms with Crippen LogP contribution in [0.25, 0.3) is 0 Å². The molecule has 2 aromatic rings. The predicted molar refractivity (Wildman–Crippen MR) is 81.1 cm³/mol. The smallest absolute Gasteiger partial charge is 0.240 e. The van der Waals surface area contributed by atoms with Gasteiger partial charge in [-0.15, -0.1) is 0 Å². The van der Waals surface area contributed by atoms with E-state index >= 15 is 0 Å². The number of imidazole rings is 1. The number of H-pyrrole nitrogens is 1. The Bertz CT molecular complexity index is 668. The quantitative estimate of drug-likeness (QED) is 0.724. The van der Waals surface area contributed by atoms with E-state index in [1.54, 1.807) is 30.6 Å². The van der Waals surface area contributed by atoms with Gasteiger partial charge in [-0.05, 0) is 31.2 Å². The van der Waals surface area contributed by atoms with Gasteiger partial charge in [0.15, 0.2) is 0 Å². The van der Waals surface area contributed by atoms with Crippen LogP contribution in [0.15, 0.2) is 41.6 Å². The first-order chi connectivity index (χ1) is 10.0. The van der Waals surface area contributed by atoms with E-state index in [1.165, 1.54) is 0 Å². The van der Waals surface area contributed by atoms with Crippen molar-refractivity contribution in [2.45, 2.75) is 31.3 Å². The molecule has 1 aromatic heterocycles. The molecule has 0 spiro atoms. The molecule has 1 heterocycles. The number of aromatic nitrogens is 2. The second kappa shape index (κ2) is 6.84. The second-order valence-electron chi connectivity index (χ2n) is 4.71. The number of aromatic amines is 1. The van der Waals surface area contributed by atoms with Crippen LogP contribution in [0.4, 0.5) is 0 Å². The highest BCUT2D eigenvalue weighted by atomic mass is 32.2. The third-order valence-corrected chi connectivity index (χ3v) is 4.56. The van der Waals surface area contributed by atoms with Crippen LogP contribution in [-0.4, -0.2) is 24.9 Å². The van der Waals surface area contributed by atoms with Crippen LogP contribution in [0.3, 0.4) is 0 Å². The summed E-state index contributed by atoms with van der Waals surface area (Å²) in [6, 6.07) is 7.06. The van der Waals surface area contributed by atoms with Crippen molar-refractivity contribution in [1.29, 1.82) is 0 Å². The van der Waals surface area contributed by atoms with Gasteiger partial charge < -0.3 is 10.3 Å². The lowest BCUT2D eigenvalue weighted by Gasteiger charge is -2.14. The van der Waals surface area contributed by atoms with Crippen LogP contribution in [0.5, 0.6) is 0 Å². The van der Waals surface area contributed by atoms with Crippen molar-refractivity contribution >= 4 is 10.0 Å². The average Bonchev–Trinajstić information content (AvgIpc) is 2.99. The Hall–Kier alpha value is -1.70. The maximum absolute atomic E-state index is 12.3. The van der Waals surface area contributed by atoms with Crippen molar-refractivity contribution in [2.75, 3.05) is 6.54 Å². The van der Waals surface area contributed by atoms with Crippen LogP contribution in [-0.2, 0) is 16.6 Å². The van der Waals surface area contributed by atoms with Crippen molar-refractivity contribution in [1.82, 2.24) is 20.0 Å². The number of sulfonamides is 1. The van der Waals surface area contributed by atoms with Crippen LogP contribution < -0.4 is 10.0 Å². The molecule has 3 N–H and O–H groups in total. The Morgan fingerprint density at radius 2 is 2.19 bits per heavy atom. The fraction of sp³-hybridized carbons (Fsp3) is 0.357. The molecular formula is C14H20N4O2S. The number of hydrogen-bond donors (Lipinski definition) is 3. The zero-order valence-electron chi connectivity index (χ0n) is 12.1. The molecule has 2 rings (SSSR count). The van der Waals surface area contributed by atoms with Gasteiger partial charge in [-0.3, -0.25) is 0 Å². The number of hydrogen-bond acceptors (Lipinski definition) is 4. The van der Waals surface area contributed by atoms with E-state index in [4.69, 9.17) is 0 Å². The van der Waals surface area contributed by atoms with Gasteiger partial charge in [-0.25, -0.2) is 18.1 Å². The fourth-order valence-electron chi connectivity index (χ4n) is 2.02. The Morgan fingerprint density at radius 3 is 2.86 bits per heavy atom. The van der Waals surface area contributed by atoms with E-state index in [-0.39, 0.29) is 17.5 Å². The van der Waals surface area contributed by atoms with Gasteiger partial charge in [0.05, 0.1) is 11.4 Å². The maximum atomic E-state index is 12.3. The molecule has 0 aliphatic rings. The van der Waals surface area contributed by atoms with E-state index < -0.39 is 10.0 Å². The van der Waals surface area contributed by atoms with Gasteiger partial charge in [0.2, 0.25) is 10.0 Å². The lowest BCUT2D eigenvalue weighted by molar-refractivity contribution is 0.577. The van der Waals surface area contributed by atoms with E-state index in [0.717, 1.165) is 12.1 Å². The zero-order chi connectivity index (χ0) is 15.3. The third-order valence-electron chi connectivity index (χ3n) is 3.16. The summed E-state index contributed by atoms with van der Waals surface area (Å²) in [7, 11) is -3.55. The van der Waals surface area contributed by atoms with E-state index in [2.05, 4.69) is 20.0 Å². The first-order valence-electron chi connectivity index (χ1n) is 6.84. The zero-order valence-corrected chi connectivity index (χ0v) is 12.9. The third kappa shape index (κ3) is 4.13. The Morgan fingerprint density at radius 1 is 1.38 bits per heavy atom. The molecule has 0 bridgehead atoms. The van der Waals surface area contributed by atoms with E-state index in [0.29, 0.717) is 5.82 Å². The minimum absolute atomic E-state index is 0.107. The molecule has 0 radical (unpaired) electrons. The van der Waals surface area contributed by atoms with Crippen LogP contribution in [0.1, 0.15) is 31.3 Å². The normalized spacial score (nSPS) is 13.2. The Balaban J connectivity index is 2.14. The maximum Gasteiger partial charge on any atom is 0.240 e. The SMILES string of the molecule is CCNC(C)c1cccc(S(=O)(=O)NCc2ncc[nH]2)c1. The van der Waals surface area contributed by atoms with E-state index in [9.17, 15) is 8.42 Å². The van der Waals surface area contributed by atoms with E-state index in [1.807, 2.05) is 19.9 Å². The number of benzene rings is 1. The highest BCUT2D eigenvalue weighted by Crippen LogP contribution is 2.17. The average molecular weight is 308 g/mol. The number of nitrogens with one attached hydrogen (secondary N) is 3. The van der Waals surface area contributed by atoms with Gasteiger partial charge in [0.25, 0.3) is 0 Å². The lowest BCUT2D eigenvalue weighted by atomic mass is 10.1. The van der Waals surface area contributed by atoms with Crippen LogP contribution in [0, 0.1) is 0 Å². The summed E-state index contributed by atoms with van der Waals surface area (Å²) in [6.07, 6.45) is 3.24. The van der Waals surface area contributed by atoms with Crippen molar-refractivity contribution in [3.05, 3.63) is 48.0 Å². The minimum atomic E-state index is -3.55. The van der Waals surface area contributed by atoms with Crippen molar-refractivity contribution < 1.29 is 8.42 Å². The molecule has 6 nitrogen and oxygen atoms in total. The lowest BCUT2D eigenvalue weighted by Crippen LogP contribution is -2.24. The molecule has 1 aromatic carbocycles. The summed E-state index contributed by atoms with van der Waals surface area (Å²) in [5.74, 6) is 0.579. The van der Waals surface area contributed by atoms with Gasteiger partial charge in [0.1, 0.15) is 5.82 Å². The fourth-order valence-corrected chi connectivity index (χ4v) is 3.06. The van der Waals surface area contributed by atoms with Crippen LogP contribution >= 0.6 is 0 Å². The summed E-state index contributed by atoms with van der Waals surface area (Å²) in [5, 5.41) is 3.26. The van der Waals surface area contributed by atoms with Gasteiger partial charge in [-0.2, -0.15) is 0 Å². The molecule has 0 saturated carbocycles. The van der Waals surface area contributed by atoms with Gasteiger partial charge in [0, 0.05) is 18.4 Å². The summed E-state index contributed by atoms with van der Waals surface area (Å²) >= 11 is 0. The molecule has 1 atom stereocenters. The van der Waals surface area contributed by atoms with Crippen molar-refractivity contribution in [2.24, 2.45) is 0 Å². The number of nitrogens with zero attached hydrogens (tertiary/aromatic N) is 1. The Kier molecular flexibility index (Phi) is 5.11. The molecule has 0 saturated heterocycles. The summed E-state index contributed by atoms with van der Waals surface area (Å²) < 4.78 is 27.1. The predicted octanol–water partition coefficient (Wildman–Crippen LogP) is 1.56. The first-order valence-corrected chi connectivity index (χ1v) is 8.32. The molecule has 0 fully saturated rings. The van der Waals surface area contributed by atoms with Gasteiger partial charge in [-0.1, -0.05) is 19.1 Å². The van der Waals surface area contributed by atoms with Crippen molar-refractivity contribution in [3.8, 4) is 0 Å². The number of rotatable bonds is 7. The molecular weight excluding hydrogens is 288 g/mol. The van der Waals surface area contributed by atoms with Gasteiger partial charge >= 0.3 is 0 Å². The molecule has 0 amide bonds. The van der Waals surface area contributed by atoms with Crippen molar-refractivity contribution in [3.63, 3.8) is 0 Å². The summed E-state index contributed by atoms with van der Waals surface area (Å²) in [6.45, 7) is 4.99. The molecule has 114 valence electrons. The summed E-state index contributed by atoms with van der Waals surface area (Å²) in [5.41, 5.74) is 0.942. The molecule has 0 aliphatic carbocycles. The Labute approximate surface area is 125 Å². The molecule has 0 aliphatic heterocycles. The standard InChI is InChI=1S/C14H20N4O2S/c1-3-15-11(2)12-5-4-6-13(9-12)21(19,20)18-10-14-16-7-8-17-14/h4-9,11,15,18H,3,10H2,1-2H3,(H,16,17). The molecule has 1 unspecified atom stereocenters. The topological polar surface area (TPSA) is 86.9 Å².